The SMILES string of the molecule is CN(C)S(=O)(=O)c1ccc(N2CCCC2)c(C(=O)OCc2cn3ccccc3c2C#N)c1. The van der Waals surface area contributed by atoms with Gasteiger partial charge in [-0.05, 0) is 43.2 Å². The molecule has 0 saturated carbocycles. The molecule has 166 valence electrons. The van der Waals surface area contributed by atoms with E-state index in [2.05, 4.69) is 11.0 Å². The lowest BCUT2D eigenvalue weighted by molar-refractivity contribution is 0.0473. The summed E-state index contributed by atoms with van der Waals surface area (Å²) in [6.07, 6.45) is 5.60. The molecule has 0 amide bonds. The lowest BCUT2D eigenvalue weighted by Gasteiger charge is -2.22. The first-order valence-corrected chi connectivity index (χ1v) is 11.7. The number of anilines is 1. The zero-order valence-electron chi connectivity index (χ0n) is 18.0. The minimum Gasteiger partial charge on any atom is -0.457 e. The molecule has 8 nitrogen and oxygen atoms in total. The molecule has 3 aromatic rings. The quantitative estimate of drug-likeness (QED) is 0.534. The fourth-order valence-corrected chi connectivity index (χ4v) is 4.85. The molecule has 0 N–H and O–H groups in total. The Kier molecular flexibility index (Phi) is 5.91. The minimum atomic E-state index is -3.71. The van der Waals surface area contributed by atoms with Crippen LogP contribution in [0.3, 0.4) is 0 Å². The van der Waals surface area contributed by atoms with E-state index in [1.165, 1.54) is 26.2 Å². The van der Waals surface area contributed by atoms with Crippen LogP contribution in [0, 0.1) is 11.3 Å². The van der Waals surface area contributed by atoms with Crippen molar-refractivity contribution in [3.05, 3.63) is 65.5 Å². The normalized spacial score (nSPS) is 14.1. The number of hydrogen-bond donors (Lipinski definition) is 0. The van der Waals surface area contributed by atoms with E-state index >= 15 is 0 Å². The number of carbonyl (C=O) groups is 1. The van der Waals surface area contributed by atoms with Crippen LogP contribution in [-0.2, 0) is 21.4 Å². The van der Waals surface area contributed by atoms with Gasteiger partial charge in [-0.3, -0.25) is 0 Å². The van der Waals surface area contributed by atoms with Crippen molar-refractivity contribution in [3.63, 3.8) is 0 Å². The van der Waals surface area contributed by atoms with E-state index in [0.29, 0.717) is 16.8 Å². The Balaban J connectivity index is 1.67. The van der Waals surface area contributed by atoms with E-state index in [9.17, 15) is 18.5 Å². The third-order valence-corrected chi connectivity index (χ3v) is 7.46. The monoisotopic (exact) mass is 452 g/mol. The van der Waals surface area contributed by atoms with Crippen molar-refractivity contribution < 1.29 is 17.9 Å². The first-order valence-electron chi connectivity index (χ1n) is 10.3. The summed E-state index contributed by atoms with van der Waals surface area (Å²) in [5, 5.41) is 9.57. The molecular weight excluding hydrogens is 428 g/mol. The smallest absolute Gasteiger partial charge is 0.340 e. The summed E-state index contributed by atoms with van der Waals surface area (Å²) >= 11 is 0. The zero-order chi connectivity index (χ0) is 22.9. The topological polar surface area (TPSA) is 95.1 Å². The molecule has 1 saturated heterocycles. The van der Waals surface area contributed by atoms with Crippen molar-refractivity contribution in [2.45, 2.75) is 24.3 Å². The fraction of sp³-hybridized carbons (Fsp3) is 0.304. The van der Waals surface area contributed by atoms with Gasteiger partial charge >= 0.3 is 5.97 Å². The Labute approximate surface area is 187 Å². The second-order valence-corrected chi connectivity index (χ2v) is 10.0. The predicted octanol–water partition coefficient (Wildman–Crippen LogP) is 3.02. The summed E-state index contributed by atoms with van der Waals surface area (Å²) in [4.78, 5) is 15.2. The molecule has 1 fully saturated rings. The van der Waals surface area contributed by atoms with E-state index < -0.39 is 16.0 Å². The Morgan fingerprint density at radius 2 is 1.94 bits per heavy atom. The highest BCUT2D eigenvalue weighted by Crippen LogP contribution is 2.29. The van der Waals surface area contributed by atoms with Gasteiger partial charge in [-0.2, -0.15) is 5.26 Å². The van der Waals surface area contributed by atoms with Crippen molar-refractivity contribution in [2.24, 2.45) is 0 Å². The number of pyridine rings is 1. The summed E-state index contributed by atoms with van der Waals surface area (Å²) in [6, 6.07) is 12.3. The van der Waals surface area contributed by atoms with Crippen LogP contribution in [0.4, 0.5) is 5.69 Å². The van der Waals surface area contributed by atoms with Gasteiger partial charge in [0.15, 0.2) is 0 Å². The lowest BCUT2D eigenvalue weighted by Crippen LogP contribution is -2.24. The third-order valence-electron chi connectivity index (χ3n) is 5.65. The molecule has 0 atom stereocenters. The fourth-order valence-electron chi connectivity index (χ4n) is 3.92. The van der Waals surface area contributed by atoms with Gasteiger partial charge in [0.1, 0.15) is 12.7 Å². The largest absolute Gasteiger partial charge is 0.457 e. The van der Waals surface area contributed by atoms with Crippen molar-refractivity contribution in [3.8, 4) is 6.07 Å². The van der Waals surface area contributed by atoms with Gasteiger partial charge in [0.2, 0.25) is 10.0 Å². The number of ether oxygens (including phenoxy) is 1. The Morgan fingerprint density at radius 1 is 1.19 bits per heavy atom. The molecule has 1 aromatic carbocycles. The predicted molar refractivity (Wildman–Crippen MR) is 120 cm³/mol. The van der Waals surface area contributed by atoms with Crippen LogP contribution in [0.25, 0.3) is 5.52 Å². The molecule has 1 aliphatic rings. The number of rotatable bonds is 6. The van der Waals surface area contributed by atoms with Crippen LogP contribution in [0.15, 0.2) is 53.7 Å². The van der Waals surface area contributed by atoms with Crippen LogP contribution in [-0.4, -0.2) is 50.3 Å². The number of aromatic nitrogens is 1. The number of esters is 1. The number of nitrogens with zero attached hydrogens (tertiary/aromatic N) is 4. The van der Waals surface area contributed by atoms with Gasteiger partial charge in [0.25, 0.3) is 0 Å². The molecule has 0 radical (unpaired) electrons. The standard InChI is InChI=1S/C23H24N4O4S/c1-25(2)32(29,30)18-8-9-22(26-10-5-6-11-26)19(13-18)23(28)31-16-17-15-27-12-4-3-7-21(27)20(17)14-24/h3-4,7-9,12-13,15H,5-6,10-11,16H2,1-2H3. The average Bonchev–Trinajstić information content (AvgIpc) is 3.44. The molecule has 9 heteroatoms. The Hall–Kier alpha value is -3.35. The van der Waals surface area contributed by atoms with Crippen LogP contribution >= 0.6 is 0 Å². The zero-order valence-corrected chi connectivity index (χ0v) is 18.8. The van der Waals surface area contributed by atoms with Gasteiger partial charge in [-0.15, -0.1) is 0 Å². The number of nitriles is 1. The Morgan fingerprint density at radius 3 is 2.62 bits per heavy atom. The van der Waals surface area contributed by atoms with Crippen molar-refractivity contribution in [2.75, 3.05) is 32.1 Å². The first kappa shape index (κ1) is 21.9. The van der Waals surface area contributed by atoms with Gasteiger partial charge in [-0.1, -0.05) is 6.07 Å². The van der Waals surface area contributed by atoms with Crippen molar-refractivity contribution >= 4 is 27.2 Å². The molecule has 0 aliphatic carbocycles. The van der Waals surface area contributed by atoms with Crippen LogP contribution in [0.5, 0.6) is 0 Å². The average molecular weight is 453 g/mol. The van der Waals surface area contributed by atoms with Gasteiger partial charge in [-0.25, -0.2) is 17.5 Å². The minimum absolute atomic E-state index is 0.0321. The molecule has 4 rings (SSSR count). The summed E-state index contributed by atoms with van der Waals surface area (Å²) in [6.45, 7) is 1.50. The molecular formula is C23H24N4O4S. The summed E-state index contributed by atoms with van der Waals surface area (Å²) < 4.78 is 33.7. The number of sulfonamides is 1. The third kappa shape index (κ3) is 3.95. The maximum atomic E-state index is 13.1. The Bertz CT molecular complexity index is 1320. The highest BCUT2D eigenvalue weighted by atomic mass is 32.2. The van der Waals surface area contributed by atoms with Crippen LogP contribution in [0.1, 0.15) is 34.3 Å². The first-order chi connectivity index (χ1) is 15.3. The number of carbonyl (C=O) groups excluding carboxylic acids is 1. The molecule has 2 aromatic heterocycles. The number of hydrogen-bond acceptors (Lipinski definition) is 6. The van der Waals surface area contributed by atoms with E-state index in [1.807, 2.05) is 28.8 Å². The van der Waals surface area contributed by atoms with E-state index in [4.69, 9.17) is 4.74 Å². The van der Waals surface area contributed by atoms with E-state index in [-0.39, 0.29) is 17.1 Å². The summed E-state index contributed by atoms with van der Waals surface area (Å²) in [5.41, 5.74) is 2.64. The van der Waals surface area contributed by atoms with E-state index in [0.717, 1.165) is 35.8 Å². The second-order valence-electron chi connectivity index (χ2n) is 7.87. The van der Waals surface area contributed by atoms with Crippen molar-refractivity contribution in [1.82, 2.24) is 8.71 Å². The summed E-state index contributed by atoms with van der Waals surface area (Å²) in [5.74, 6) is -0.623. The van der Waals surface area contributed by atoms with Gasteiger partial charge < -0.3 is 14.0 Å². The maximum absolute atomic E-state index is 13.1. The van der Waals surface area contributed by atoms with E-state index in [1.54, 1.807) is 12.3 Å². The van der Waals surface area contributed by atoms with Gasteiger partial charge in [0, 0.05) is 45.1 Å². The summed E-state index contributed by atoms with van der Waals surface area (Å²) in [7, 11) is -0.813. The molecule has 0 spiro atoms. The highest BCUT2D eigenvalue weighted by Gasteiger charge is 2.25. The second kappa shape index (κ2) is 8.65. The molecule has 32 heavy (non-hydrogen) atoms. The number of benzene rings is 1. The number of fused-ring (bicyclic) bond motifs is 1. The highest BCUT2D eigenvalue weighted by molar-refractivity contribution is 7.89. The molecule has 0 bridgehead atoms. The molecule has 1 aliphatic heterocycles. The lowest BCUT2D eigenvalue weighted by atomic mass is 10.1. The van der Waals surface area contributed by atoms with Crippen LogP contribution in [0.2, 0.25) is 0 Å². The van der Waals surface area contributed by atoms with Crippen LogP contribution < -0.4 is 4.90 Å². The molecule has 3 heterocycles. The molecule has 0 unspecified atom stereocenters. The maximum Gasteiger partial charge on any atom is 0.340 e. The van der Waals surface area contributed by atoms with Crippen molar-refractivity contribution in [1.29, 1.82) is 5.26 Å². The van der Waals surface area contributed by atoms with Gasteiger partial charge in [0.05, 0.1) is 27.2 Å².